The Balaban J connectivity index is 2.08. The lowest BCUT2D eigenvalue weighted by molar-refractivity contribution is -0.384. The minimum Gasteiger partial charge on any atom is -0.378 e. The molecule has 0 aliphatic heterocycles. The van der Waals surface area contributed by atoms with Gasteiger partial charge in [-0.05, 0) is 37.4 Å². The highest BCUT2D eigenvalue weighted by molar-refractivity contribution is 7.90. The Morgan fingerprint density at radius 1 is 1.06 bits per heavy atom. The predicted molar refractivity (Wildman–Crippen MR) is 110 cm³/mol. The smallest absolute Gasteiger partial charge is 0.293 e. The number of nitrogens with zero attached hydrogens (tertiary/aromatic N) is 1. The van der Waals surface area contributed by atoms with E-state index in [1.807, 2.05) is 0 Å². The predicted octanol–water partition coefficient (Wildman–Crippen LogP) is 0.887. The lowest BCUT2D eigenvalue weighted by Crippen LogP contribution is -2.30. The number of anilines is 1. The molecule has 0 saturated carbocycles. The molecule has 0 spiro atoms. The number of benzene rings is 2. The minimum absolute atomic E-state index is 0.0130. The number of hydrogen-bond donors (Lipinski definition) is 3. The van der Waals surface area contributed by atoms with Gasteiger partial charge in [0.15, 0.2) is 9.84 Å². The molecule has 0 aromatic heterocycles. The van der Waals surface area contributed by atoms with Gasteiger partial charge < -0.3 is 10.6 Å². The normalized spacial score (nSPS) is 11.7. The van der Waals surface area contributed by atoms with Crippen LogP contribution < -0.4 is 15.4 Å². The molecule has 0 saturated heterocycles. The van der Waals surface area contributed by atoms with Crippen LogP contribution in [-0.4, -0.2) is 54.1 Å². The summed E-state index contributed by atoms with van der Waals surface area (Å²) in [7, 11) is -6.34. The zero-order valence-corrected chi connectivity index (χ0v) is 18.0. The summed E-state index contributed by atoms with van der Waals surface area (Å²) in [6.07, 6.45) is 0.921. The van der Waals surface area contributed by atoms with Crippen molar-refractivity contribution in [2.75, 3.05) is 31.7 Å². The highest BCUT2D eigenvalue weighted by Gasteiger charge is 2.20. The highest BCUT2D eigenvalue weighted by Crippen LogP contribution is 2.27. The van der Waals surface area contributed by atoms with Gasteiger partial charge in [-0.2, -0.15) is 0 Å². The third-order valence-corrected chi connectivity index (χ3v) is 6.60. The monoisotopic (exact) mass is 474 g/mol. The summed E-state index contributed by atoms with van der Waals surface area (Å²) in [6, 6.07) is 6.09. The van der Waals surface area contributed by atoms with Crippen LogP contribution in [0.2, 0.25) is 0 Å². The van der Waals surface area contributed by atoms with Crippen LogP contribution in [0.4, 0.5) is 15.8 Å². The van der Waals surface area contributed by atoms with Crippen LogP contribution in [0.3, 0.4) is 0 Å². The molecule has 0 aliphatic carbocycles. The molecule has 3 N–H and O–H groups in total. The van der Waals surface area contributed by atoms with E-state index in [0.717, 1.165) is 30.5 Å². The second-order valence-electron chi connectivity index (χ2n) is 6.24. The Labute approximate surface area is 177 Å². The van der Waals surface area contributed by atoms with E-state index >= 15 is 0 Å². The number of amides is 1. The van der Waals surface area contributed by atoms with Crippen LogP contribution in [0.25, 0.3) is 0 Å². The molecule has 2 aromatic carbocycles. The fraction of sp³-hybridized carbons (Fsp3) is 0.235. The first-order chi connectivity index (χ1) is 14.4. The Kier molecular flexibility index (Phi) is 7.30. The van der Waals surface area contributed by atoms with Crippen LogP contribution in [0.5, 0.6) is 0 Å². The second kappa shape index (κ2) is 9.36. The maximum Gasteiger partial charge on any atom is 0.293 e. The van der Waals surface area contributed by atoms with Crippen LogP contribution in [0.1, 0.15) is 10.4 Å². The average Bonchev–Trinajstić information content (AvgIpc) is 2.70. The number of nitro groups is 1. The van der Waals surface area contributed by atoms with Gasteiger partial charge in [0.25, 0.3) is 11.6 Å². The van der Waals surface area contributed by atoms with Gasteiger partial charge in [0.05, 0.1) is 20.3 Å². The van der Waals surface area contributed by atoms with Crippen LogP contribution in [0.15, 0.2) is 46.2 Å². The Morgan fingerprint density at radius 3 is 2.29 bits per heavy atom. The maximum atomic E-state index is 13.9. The molecule has 0 atom stereocenters. The quantitative estimate of drug-likeness (QED) is 0.274. The van der Waals surface area contributed by atoms with Gasteiger partial charge in [-0.25, -0.2) is 25.9 Å². The van der Waals surface area contributed by atoms with Gasteiger partial charge in [-0.15, -0.1) is 0 Å². The van der Waals surface area contributed by atoms with Gasteiger partial charge >= 0.3 is 0 Å². The fourth-order valence-electron chi connectivity index (χ4n) is 2.47. The average molecular weight is 474 g/mol. The van der Waals surface area contributed by atoms with Crippen molar-refractivity contribution in [2.24, 2.45) is 0 Å². The lowest BCUT2D eigenvalue weighted by Gasteiger charge is -2.10. The fourth-order valence-corrected chi connectivity index (χ4v) is 3.87. The lowest BCUT2D eigenvalue weighted by atomic mass is 10.2. The van der Waals surface area contributed by atoms with Crippen LogP contribution in [0, 0.1) is 15.9 Å². The molecular formula is C17H19FN4O7S2. The van der Waals surface area contributed by atoms with E-state index in [1.165, 1.54) is 19.2 Å². The molecule has 168 valence electrons. The summed E-state index contributed by atoms with van der Waals surface area (Å²) in [6.45, 7) is -0.104. The van der Waals surface area contributed by atoms with Crippen molar-refractivity contribution in [2.45, 2.75) is 9.79 Å². The van der Waals surface area contributed by atoms with Crippen molar-refractivity contribution < 1.29 is 30.9 Å². The number of sulfonamides is 1. The topological polar surface area (TPSA) is 165 Å². The molecule has 0 radical (unpaired) electrons. The number of halogens is 1. The molecule has 2 aromatic rings. The number of nitrogens with one attached hydrogen (secondary N) is 3. The standard InChI is InChI=1S/C17H19FN4O7S2/c1-19-31(28,29)12-3-5-14(18)13(9-12)17(23)21-8-7-20-15-6-4-11(30(2,26)27)10-16(15)22(24)25/h3-6,9-10,19-20H,7-8H2,1-2H3,(H,21,23). The molecule has 0 fully saturated rings. The van der Waals surface area contributed by atoms with E-state index in [2.05, 4.69) is 15.4 Å². The summed E-state index contributed by atoms with van der Waals surface area (Å²) in [5.74, 6) is -1.80. The third-order valence-electron chi connectivity index (χ3n) is 4.08. The van der Waals surface area contributed by atoms with Gasteiger partial charge in [0, 0.05) is 25.4 Å². The van der Waals surface area contributed by atoms with Gasteiger partial charge in [-0.3, -0.25) is 14.9 Å². The molecular weight excluding hydrogens is 455 g/mol. The molecule has 31 heavy (non-hydrogen) atoms. The zero-order chi connectivity index (χ0) is 23.4. The summed E-state index contributed by atoms with van der Waals surface area (Å²) in [4.78, 5) is 22.2. The number of nitro benzene ring substituents is 1. The first kappa shape index (κ1) is 24.2. The van der Waals surface area contributed by atoms with Crippen molar-refractivity contribution in [3.05, 3.63) is 57.9 Å². The molecule has 0 bridgehead atoms. The third kappa shape index (κ3) is 5.96. The molecule has 0 unspecified atom stereocenters. The summed E-state index contributed by atoms with van der Waals surface area (Å²) in [5, 5.41) is 16.3. The van der Waals surface area contributed by atoms with E-state index < -0.39 is 47.8 Å². The Morgan fingerprint density at radius 2 is 1.71 bits per heavy atom. The number of carbonyl (C=O) groups is 1. The zero-order valence-electron chi connectivity index (χ0n) is 16.4. The van der Waals surface area contributed by atoms with Crippen molar-refractivity contribution in [1.82, 2.24) is 10.0 Å². The minimum atomic E-state index is -3.87. The van der Waals surface area contributed by atoms with E-state index in [0.29, 0.717) is 0 Å². The summed E-state index contributed by atoms with van der Waals surface area (Å²) < 4.78 is 62.7. The Hall–Kier alpha value is -3.10. The summed E-state index contributed by atoms with van der Waals surface area (Å²) in [5.41, 5.74) is -0.926. The van der Waals surface area contributed by atoms with Crippen molar-refractivity contribution in [3.63, 3.8) is 0 Å². The van der Waals surface area contributed by atoms with Gasteiger partial charge in [0.2, 0.25) is 10.0 Å². The molecule has 0 aliphatic rings. The first-order valence-corrected chi connectivity index (χ1v) is 12.0. The number of carbonyl (C=O) groups excluding carboxylic acids is 1. The molecule has 2 rings (SSSR count). The molecule has 0 heterocycles. The SMILES string of the molecule is CNS(=O)(=O)c1ccc(F)c(C(=O)NCCNc2ccc(S(C)(=O)=O)cc2[N+](=O)[O-])c1. The number of rotatable bonds is 9. The van der Waals surface area contributed by atoms with E-state index in [1.54, 1.807) is 0 Å². The number of sulfone groups is 1. The van der Waals surface area contributed by atoms with Gasteiger partial charge in [0.1, 0.15) is 11.5 Å². The van der Waals surface area contributed by atoms with Crippen molar-refractivity contribution >= 4 is 37.1 Å². The van der Waals surface area contributed by atoms with Crippen molar-refractivity contribution in [1.29, 1.82) is 0 Å². The highest BCUT2D eigenvalue weighted by atomic mass is 32.2. The second-order valence-corrected chi connectivity index (χ2v) is 10.1. The number of hydrogen-bond acceptors (Lipinski definition) is 8. The molecule has 1 amide bonds. The maximum absolute atomic E-state index is 13.9. The van der Waals surface area contributed by atoms with Gasteiger partial charge in [-0.1, -0.05) is 0 Å². The first-order valence-electron chi connectivity index (χ1n) is 8.60. The van der Waals surface area contributed by atoms with E-state index in [9.17, 15) is 36.1 Å². The molecule has 11 nitrogen and oxygen atoms in total. The van der Waals surface area contributed by atoms with E-state index in [4.69, 9.17) is 0 Å². The summed E-state index contributed by atoms with van der Waals surface area (Å²) >= 11 is 0. The Bertz CT molecular complexity index is 1230. The van der Waals surface area contributed by atoms with E-state index in [-0.39, 0.29) is 28.6 Å². The molecule has 14 heteroatoms. The van der Waals surface area contributed by atoms with Crippen LogP contribution >= 0.6 is 0 Å². The van der Waals surface area contributed by atoms with Crippen LogP contribution in [-0.2, 0) is 19.9 Å². The van der Waals surface area contributed by atoms with Crippen molar-refractivity contribution in [3.8, 4) is 0 Å². The largest absolute Gasteiger partial charge is 0.378 e.